The van der Waals surface area contributed by atoms with E-state index in [2.05, 4.69) is 5.32 Å². The number of methoxy groups -OCH3 is 1. The van der Waals surface area contributed by atoms with Gasteiger partial charge in [-0.25, -0.2) is 8.42 Å². The van der Waals surface area contributed by atoms with Gasteiger partial charge in [-0.05, 0) is 62.6 Å². The van der Waals surface area contributed by atoms with Gasteiger partial charge in [0, 0.05) is 34.3 Å². The Hall–Kier alpha value is -3.87. The van der Waals surface area contributed by atoms with Crippen LogP contribution >= 0.6 is 23.2 Å². The lowest BCUT2D eigenvalue weighted by molar-refractivity contribution is -0.385. The van der Waals surface area contributed by atoms with Crippen molar-refractivity contribution in [1.29, 1.82) is 0 Å². The Morgan fingerprint density at radius 1 is 1.09 bits per heavy atom. The molecule has 1 saturated carbocycles. The molecule has 1 aliphatic rings. The van der Waals surface area contributed by atoms with E-state index in [0.29, 0.717) is 10.6 Å². The molecule has 0 bridgehead atoms. The number of nitrogens with zero attached hydrogens (tertiary/aromatic N) is 3. The summed E-state index contributed by atoms with van der Waals surface area (Å²) in [5, 5.41) is 15.2. The normalized spacial score (nSPS) is 14.1. The van der Waals surface area contributed by atoms with Crippen LogP contribution in [0, 0.1) is 17.0 Å². The van der Waals surface area contributed by atoms with E-state index in [1.54, 1.807) is 31.2 Å². The average Bonchev–Trinajstić information content (AvgIpc) is 3.52. The van der Waals surface area contributed by atoms with Crippen molar-refractivity contribution in [2.24, 2.45) is 0 Å². The highest BCUT2D eigenvalue weighted by molar-refractivity contribution is 7.92. The third-order valence-electron chi connectivity index (χ3n) is 7.82. The summed E-state index contributed by atoms with van der Waals surface area (Å²) in [5.74, 6) is -1.02. The highest BCUT2D eigenvalue weighted by atomic mass is 35.5. The number of ether oxygens (including phenoxy) is 1. The molecular formula is C31H34Cl2N4O7S. The molecule has 0 radical (unpaired) electrons. The molecule has 1 fully saturated rings. The van der Waals surface area contributed by atoms with Gasteiger partial charge in [0.1, 0.15) is 18.3 Å². The molecule has 1 N–H and O–H groups in total. The molecule has 1 atom stereocenters. The zero-order valence-corrected chi connectivity index (χ0v) is 27.4. The monoisotopic (exact) mass is 676 g/mol. The SMILES string of the molecule is COc1ccc(Cl)cc1N(CC(=O)N(Cc1ccccc1Cl)[C@@H](C)C(=O)NC1CCCC1)S(=O)(=O)c1ccc(C)c([N+](=O)[O-])c1. The fourth-order valence-corrected chi connectivity index (χ4v) is 7.03. The van der Waals surface area contributed by atoms with Gasteiger partial charge >= 0.3 is 0 Å². The summed E-state index contributed by atoms with van der Waals surface area (Å²) < 4.78 is 34.7. The molecule has 1 aliphatic carbocycles. The smallest absolute Gasteiger partial charge is 0.273 e. The largest absolute Gasteiger partial charge is 0.495 e. The number of hydrogen-bond acceptors (Lipinski definition) is 7. The molecule has 0 saturated heterocycles. The predicted molar refractivity (Wildman–Crippen MR) is 172 cm³/mol. The van der Waals surface area contributed by atoms with E-state index in [9.17, 15) is 28.1 Å². The summed E-state index contributed by atoms with van der Waals surface area (Å²) in [6.45, 7) is 2.18. The number of carbonyl (C=O) groups excluding carboxylic acids is 2. The van der Waals surface area contributed by atoms with Crippen molar-refractivity contribution >= 4 is 56.4 Å². The van der Waals surface area contributed by atoms with E-state index in [4.69, 9.17) is 27.9 Å². The lowest BCUT2D eigenvalue weighted by Gasteiger charge is -2.33. The molecule has 0 unspecified atom stereocenters. The number of halogens is 2. The van der Waals surface area contributed by atoms with Crippen LogP contribution in [-0.2, 0) is 26.2 Å². The first-order valence-electron chi connectivity index (χ1n) is 14.3. The van der Waals surface area contributed by atoms with Gasteiger partial charge in [-0.2, -0.15) is 0 Å². The second kappa shape index (κ2) is 14.5. The van der Waals surface area contributed by atoms with Crippen LogP contribution < -0.4 is 14.4 Å². The van der Waals surface area contributed by atoms with Crippen LogP contribution in [-0.4, -0.2) is 55.8 Å². The minimum absolute atomic E-state index is 0.0119. The van der Waals surface area contributed by atoms with E-state index in [1.165, 1.54) is 49.3 Å². The number of aryl methyl sites for hydroxylation is 1. The molecule has 0 spiro atoms. The van der Waals surface area contributed by atoms with E-state index in [0.717, 1.165) is 36.1 Å². The Labute approximate surface area is 272 Å². The number of rotatable bonds is 12. The summed E-state index contributed by atoms with van der Waals surface area (Å²) in [6, 6.07) is 13.6. The third kappa shape index (κ3) is 7.86. The lowest BCUT2D eigenvalue weighted by atomic mass is 10.1. The van der Waals surface area contributed by atoms with Gasteiger partial charge in [0.05, 0.1) is 22.6 Å². The Bertz CT molecular complexity index is 1700. The van der Waals surface area contributed by atoms with Gasteiger partial charge in [-0.1, -0.05) is 60.3 Å². The molecule has 0 aliphatic heterocycles. The maximum Gasteiger partial charge on any atom is 0.273 e. The van der Waals surface area contributed by atoms with Crippen LogP contribution in [0.2, 0.25) is 10.0 Å². The molecule has 0 heterocycles. The molecule has 3 aromatic rings. The molecule has 4 rings (SSSR count). The summed E-state index contributed by atoms with van der Waals surface area (Å²) >= 11 is 12.7. The zero-order valence-electron chi connectivity index (χ0n) is 25.0. The quantitative estimate of drug-likeness (QED) is 0.186. The van der Waals surface area contributed by atoms with Gasteiger partial charge in [0.15, 0.2) is 0 Å². The average molecular weight is 678 g/mol. The molecule has 0 aromatic heterocycles. The lowest BCUT2D eigenvalue weighted by Crippen LogP contribution is -2.52. The Kier molecular flexibility index (Phi) is 10.9. The fourth-order valence-electron chi connectivity index (χ4n) is 5.23. The summed E-state index contributed by atoms with van der Waals surface area (Å²) in [6.07, 6.45) is 3.65. The van der Waals surface area contributed by atoms with Crippen molar-refractivity contribution < 1.29 is 27.7 Å². The van der Waals surface area contributed by atoms with Crippen LogP contribution in [0.3, 0.4) is 0 Å². The number of amides is 2. The van der Waals surface area contributed by atoms with Crippen molar-refractivity contribution in [3.8, 4) is 5.75 Å². The molecule has 240 valence electrons. The first kappa shape index (κ1) is 34.0. The van der Waals surface area contributed by atoms with Gasteiger partial charge in [-0.3, -0.25) is 24.0 Å². The molecule has 3 aromatic carbocycles. The Balaban J connectivity index is 1.79. The summed E-state index contributed by atoms with van der Waals surface area (Å²) in [4.78, 5) is 39.5. The number of anilines is 1. The van der Waals surface area contributed by atoms with Crippen LogP contribution in [0.15, 0.2) is 65.6 Å². The van der Waals surface area contributed by atoms with Crippen LogP contribution in [0.1, 0.15) is 43.7 Å². The third-order valence-corrected chi connectivity index (χ3v) is 10.2. The number of carbonyl (C=O) groups is 2. The van der Waals surface area contributed by atoms with Crippen molar-refractivity contribution in [1.82, 2.24) is 10.2 Å². The number of nitrogens with one attached hydrogen (secondary N) is 1. The Morgan fingerprint density at radius 3 is 2.42 bits per heavy atom. The van der Waals surface area contributed by atoms with Crippen molar-refractivity contribution in [2.75, 3.05) is 18.0 Å². The second-order valence-corrected chi connectivity index (χ2v) is 13.5. The first-order valence-corrected chi connectivity index (χ1v) is 16.5. The number of benzene rings is 3. The zero-order chi connectivity index (χ0) is 32.9. The van der Waals surface area contributed by atoms with Crippen LogP contribution in [0.4, 0.5) is 11.4 Å². The number of sulfonamides is 1. The van der Waals surface area contributed by atoms with E-state index in [-0.39, 0.29) is 40.5 Å². The van der Waals surface area contributed by atoms with Gasteiger partial charge in [0.2, 0.25) is 11.8 Å². The van der Waals surface area contributed by atoms with Crippen LogP contribution in [0.25, 0.3) is 0 Å². The van der Waals surface area contributed by atoms with Crippen molar-refractivity contribution in [3.63, 3.8) is 0 Å². The predicted octanol–water partition coefficient (Wildman–Crippen LogP) is 5.89. The highest BCUT2D eigenvalue weighted by Crippen LogP contribution is 2.36. The van der Waals surface area contributed by atoms with E-state index < -0.39 is 44.0 Å². The fraction of sp³-hybridized carbons (Fsp3) is 0.355. The minimum atomic E-state index is -4.63. The number of nitro benzene ring substituents is 1. The van der Waals surface area contributed by atoms with Crippen LogP contribution in [0.5, 0.6) is 5.75 Å². The second-order valence-electron chi connectivity index (χ2n) is 10.8. The highest BCUT2D eigenvalue weighted by Gasteiger charge is 2.35. The molecule has 45 heavy (non-hydrogen) atoms. The molecule has 2 amide bonds. The van der Waals surface area contributed by atoms with Gasteiger partial charge in [0.25, 0.3) is 15.7 Å². The summed E-state index contributed by atoms with van der Waals surface area (Å²) in [7, 11) is -3.31. The maximum absolute atomic E-state index is 14.2. The molecule has 11 nitrogen and oxygen atoms in total. The van der Waals surface area contributed by atoms with Gasteiger partial charge in [-0.15, -0.1) is 0 Å². The summed E-state index contributed by atoms with van der Waals surface area (Å²) in [5.41, 5.74) is 0.340. The number of nitro groups is 1. The number of hydrogen-bond donors (Lipinski definition) is 1. The van der Waals surface area contributed by atoms with Gasteiger partial charge < -0.3 is 15.0 Å². The topological polar surface area (TPSA) is 139 Å². The van der Waals surface area contributed by atoms with Crippen molar-refractivity contribution in [2.45, 2.75) is 63.1 Å². The standard InChI is InChI=1S/C31H34Cl2N4O7S/c1-20-12-14-25(17-27(20)37(40)41)45(42,43)36(28-16-23(32)13-15-29(28)44-3)19-30(38)35(18-22-8-4-7-11-26(22)33)21(2)31(39)34-24-9-5-6-10-24/h4,7-8,11-17,21,24H,5-6,9-10,18-19H2,1-3H3,(H,34,39)/t21-/m0/s1. The van der Waals surface area contributed by atoms with Crippen molar-refractivity contribution in [3.05, 3.63) is 92.0 Å². The van der Waals surface area contributed by atoms with E-state index in [1.807, 2.05) is 0 Å². The molecular weight excluding hydrogens is 643 g/mol. The molecule has 14 heteroatoms. The van der Waals surface area contributed by atoms with E-state index >= 15 is 0 Å². The first-order chi connectivity index (χ1) is 21.3. The minimum Gasteiger partial charge on any atom is -0.495 e. The Morgan fingerprint density at radius 2 is 1.78 bits per heavy atom. The maximum atomic E-state index is 14.2.